The van der Waals surface area contributed by atoms with E-state index >= 15 is 0 Å². The van der Waals surface area contributed by atoms with Gasteiger partial charge in [0, 0.05) is 31.9 Å². The number of benzene rings is 1. The number of thiophene rings is 1. The van der Waals surface area contributed by atoms with Gasteiger partial charge in [0.25, 0.3) is 11.8 Å². The Morgan fingerprint density at radius 3 is 2.29 bits per heavy atom. The molecule has 0 aliphatic carbocycles. The number of amides is 5. The van der Waals surface area contributed by atoms with E-state index in [4.69, 9.17) is 0 Å². The number of anilines is 1. The minimum Gasteiger partial charge on any atom is -0.338 e. The number of carbonyl (C=O) groups is 4. The molecule has 2 aliphatic rings. The van der Waals surface area contributed by atoms with Crippen LogP contribution in [0.15, 0.2) is 41.8 Å². The first-order valence-electron chi connectivity index (χ1n) is 9.87. The summed E-state index contributed by atoms with van der Waals surface area (Å²) in [5.41, 5.74) is 0.392. The predicted octanol–water partition coefficient (Wildman–Crippen LogP) is 2.03. The fraction of sp³-hybridized carbons (Fsp3) is 0.333. The van der Waals surface area contributed by atoms with E-state index in [1.54, 1.807) is 22.8 Å². The molecule has 8 nitrogen and oxygen atoms in total. The highest BCUT2D eigenvalue weighted by molar-refractivity contribution is 7.12. The SMILES string of the molecule is CC1C(=O)N(CC(=O)N2CCN(C(=O)c3cccs3)CC2)C(=O)N1c1ccc(F)cc1. The number of hydrogen-bond donors (Lipinski definition) is 0. The number of hydrogen-bond acceptors (Lipinski definition) is 5. The second-order valence-electron chi connectivity index (χ2n) is 7.38. The van der Waals surface area contributed by atoms with Crippen molar-refractivity contribution in [2.24, 2.45) is 0 Å². The van der Waals surface area contributed by atoms with Gasteiger partial charge in [0.15, 0.2) is 0 Å². The van der Waals surface area contributed by atoms with Crippen LogP contribution in [0.4, 0.5) is 14.9 Å². The monoisotopic (exact) mass is 444 g/mol. The van der Waals surface area contributed by atoms with E-state index in [0.29, 0.717) is 36.7 Å². The van der Waals surface area contributed by atoms with Gasteiger partial charge in [-0.3, -0.25) is 24.2 Å². The van der Waals surface area contributed by atoms with Crippen LogP contribution >= 0.6 is 11.3 Å². The molecule has 1 atom stereocenters. The largest absolute Gasteiger partial charge is 0.338 e. The quantitative estimate of drug-likeness (QED) is 0.676. The summed E-state index contributed by atoms with van der Waals surface area (Å²) < 4.78 is 13.2. The third-order valence-corrected chi connectivity index (χ3v) is 6.36. The van der Waals surface area contributed by atoms with Crippen LogP contribution in [0.1, 0.15) is 16.6 Å². The van der Waals surface area contributed by atoms with E-state index in [-0.39, 0.29) is 18.4 Å². The maximum absolute atomic E-state index is 13.2. The topological polar surface area (TPSA) is 81.2 Å². The van der Waals surface area contributed by atoms with Crippen LogP contribution < -0.4 is 4.90 Å². The van der Waals surface area contributed by atoms with Crippen molar-refractivity contribution >= 4 is 40.8 Å². The Hall–Kier alpha value is -3.27. The van der Waals surface area contributed by atoms with Gasteiger partial charge in [-0.05, 0) is 42.6 Å². The minimum atomic E-state index is -0.786. The molecule has 0 bridgehead atoms. The van der Waals surface area contributed by atoms with Crippen molar-refractivity contribution in [3.63, 3.8) is 0 Å². The summed E-state index contributed by atoms with van der Waals surface area (Å²) in [6, 6.07) is 7.46. The Morgan fingerprint density at radius 2 is 1.68 bits per heavy atom. The van der Waals surface area contributed by atoms with E-state index in [1.807, 2.05) is 11.4 Å². The van der Waals surface area contributed by atoms with E-state index in [1.165, 1.54) is 40.5 Å². The lowest BCUT2D eigenvalue weighted by Gasteiger charge is -2.35. The van der Waals surface area contributed by atoms with Crippen molar-refractivity contribution in [2.75, 3.05) is 37.6 Å². The van der Waals surface area contributed by atoms with Gasteiger partial charge in [-0.1, -0.05) is 6.07 Å². The average molecular weight is 444 g/mol. The summed E-state index contributed by atoms with van der Waals surface area (Å²) in [6.07, 6.45) is 0. The van der Waals surface area contributed by atoms with Crippen LogP contribution in [-0.2, 0) is 9.59 Å². The van der Waals surface area contributed by atoms with Crippen LogP contribution in [-0.4, -0.2) is 77.2 Å². The molecule has 0 radical (unpaired) electrons. The van der Waals surface area contributed by atoms with Gasteiger partial charge >= 0.3 is 6.03 Å². The molecule has 0 N–H and O–H groups in total. The lowest BCUT2D eigenvalue weighted by atomic mass is 10.2. The van der Waals surface area contributed by atoms with E-state index < -0.39 is 23.8 Å². The first-order valence-corrected chi connectivity index (χ1v) is 10.8. The molecule has 162 valence electrons. The van der Waals surface area contributed by atoms with E-state index in [0.717, 1.165) is 4.90 Å². The molecular weight excluding hydrogens is 423 g/mol. The molecule has 2 saturated heterocycles. The molecule has 2 aromatic rings. The molecule has 3 heterocycles. The van der Waals surface area contributed by atoms with Crippen molar-refractivity contribution in [1.82, 2.24) is 14.7 Å². The molecule has 1 aromatic carbocycles. The molecule has 10 heteroatoms. The van der Waals surface area contributed by atoms with Crippen molar-refractivity contribution < 1.29 is 23.6 Å². The number of carbonyl (C=O) groups excluding carboxylic acids is 4. The lowest BCUT2D eigenvalue weighted by molar-refractivity contribution is -0.138. The molecular formula is C21H21FN4O4S. The Morgan fingerprint density at radius 1 is 1.03 bits per heavy atom. The molecule has 4 rings (SSSR count). The molecule has 5 amide bonds. The van der Waals surface area contributed by atoms with Crippen molar-refractivity contribution in [3.8, 4) is 0 Å². The smallest absolute Gasteiger partial charge is 0.332 e. The molecule has 0 spiro atoms. The number of piperazine rings is 1. The third-order valence-electron chi connectivity index (χ3n) is 5.50. The highest BCUT2D eigenvalue weighted by atomic mass is 32.1. The Balaban J connectivity index is 1.37. The van der Waals surface area contributed by atoms with Gasteiger partial charge in [-0.25, -0.2) is 9.18 Å². The summed E-state index contributed by atoms with van der Waals surface area (Å²) in [6.45, 7) is 2.67. The van der Waals surface area contributed by atoms with Crippen LogP contribution in [0.25, 0.3) is 0 Å². The first-order chi connectivity index (χ1) is 14.9. The van der Waals surface area contributed by atoms with Gasteiger partial charge in [-0.2, -0.15) is 0 Å². The van der Waals surface area contributed by atoms with Gasteiger partial charge in [0.2, 0.25) is 5.91 Å². The second-order valence-corrected chi connectivity index (χ2v) is 8.33. The summed E-state index contributed by atoms with van der Waals surface area (Å²) in [5, 5.41) is 1.84. The summed E-state index contributed by atoms with van der Waals surface area (Å²) in [4.78, 5) is 56.7. The Kier molecular flexibility index (Phi) is 5.73. The van der Waals surface area contributed by atoms with Crippen molar-refractivity contribution in [1.29, 1.82) is 0 Å². The maximum Gasteiger partial charge on any atom is 0.332 e. The second kappa shape index (κ2) is 8.46. The number of halogens is 1. The Labute approximate surface area is 182 Å². The fourth-order valence-electron chi connectivity index (χ4n) is 3.76. The zero-order valence-electron chi connectivity index (χ0n) is 16.9. The van der Waals surface area contributed by atoms with Crippen LogP contribution in [0.3, 0.4) is 0 Å². The van der Waals surface area contributed by atoms with Crippen LogP contribution in [0.2, 0.25) is 0 Å². The number of urea groups is 1. The van der Waals surface area contributed by atoms with E-state index in [9.17, 15) is 23.6 Å². The number of imide groups is 1. The summed E-state index contributed by atoms with van der Waals surface area (Å²) >= 11 is 1.37. The molecule has 1 aromatic heterocycles. The number of nitrogens with zero attached hydrogens (tertiary/aromatic N) is 4. The standard InChI is InChI=1S/C21H21FN4O4S/c1-14-19(28)25(21(30)26(14)16-6-4-15(22)5-7-16)13-18(27)23-8-10-24(11-9-23)20(29)17-3-2-12-31-17/h2-7,12,14H,8-11,13H2,1H3. The molecule has 31 heavy (non-hydrogen) atoms. The molecule has 2 fully saturated rings. The predicted molar refractivity (Wildman–Crippen MR) is 112 cm³/mol. The number of rotatable bonds is 4. The highest BCUT2D eigenvalue weighted by Gasteiger charge is 2.44. The van der Waals surface area contributed by atoms with Gasteiger partial charge < -0.3 is 9.80 Å². The van der Waals surface area contributed by atoms with Crippen LogP contribution in [0, 0.1) is 5.82 Å². The minimum absolute atomic E-state index is 0.0595. The van der Waals surface area contributed by atoms with Crippen LogP contribution in [0.5, 0.6) is 0 Å². The average Bonchev–Trinajstić information content (AvgIpc) is 3.38. The summed E-state index contributed by atoms with van der Waals surface area (Å²) in [5.74, 6) is -1.33. The van der Waals surface area contributed by atoms with Crippen molar-refractivity contribution in [3.05, 3.63) is 52.5 Å². The molecule has 1 unspecified atom stereocenters. The molecule has 0 saturated carbocycles. The van der Waals surface area contributed by atoms with Gasteiger partial charge in [-0.15, -0.1) is 11.3 Å². The first kappa shape index (κ1) is 21.0. The fourth-order valence-corrected chi connectivity index (χ4v) is 4.45. The zero-order chi connectivity index (χ0) is 22.1. The highest BCUT2D eigenvalue weighted by Crippen LogP contribution is 2.26. The van der Waals surface area contributed by atoms with E-state index in [2.05, 4.69) is 0 Å². The van der Waals surface area contributed by atoms with Gasteiger partial charge in [0.1, 0.15) is 18.4 Å². The Bertz CT molecular complexity index is 1000. The third kappa shape index (κ3) is 4.02. The maximum atomic E-state index is 13.2. The van der Waals surface area contributed by atoms with Gasteiger partial charge in [0.05, 0.1) is 4.88 Å². The molecule has 2 aliphatic heterocycles. The van der Waals surface area contributed by atoms with Crippen molar-refractivity contribution in [2.45, 2.75) is 13.0 Å². The zero-order valence-corrected chi connectivity index (χ0v) is 17.7. The normalized spacial score (nSPS) is 19.4. The lowest BCUT2D eigenvalue weighted by Crippen LogP contribution is -2.53. The summed E-state index contributed by atoms with van der Waals surface area (Å²) in [7, 11) is 0.